The predicted octanol–water partition coefficient (Wildman–Crippen LogP) is 5.39. The molecule has 0 saturated carbocycles. The Labute approximate surface area is 195 Å². The summed E-state index contributed by atoms with van der Waals surface area (Å²) in [5, 5.41) is 14.8. The molecule has 2 aromatic rings. The number of nitrogens with zero attached hydrogens (tertiary/aromatic N) is 1. The molecule has 0 heterocycles. The smallest absolute Gasteiger partial charge is 0.419 e. The van der Waals surface area contributed by atoms with E-state index in [1.807, 2.05) is 13.8 Å². The van der Waals surface area contributed by atoms with E-state index in [2.05, 4.69) is 0 Å². The van der Waals surface area contributed by atoms with Gasteiger partial charge in [-0.2, -0.15) is 13.2 Å². The second-order valence-corrected chi connectivity index (χ2v) is 9.14. The molecule has 0 saturated heterocycles. The van der Waals surface area contributed by atoms with Gasteiger partial charge in [0.2, 0.25) is 10.0 Å². The molecule has 188 valence electrons. The summed E-state index contributed by atoms with van der Waals surface area (Å²) in [6.45, 7) is 4.70. The van der Waals surface area contributed by atoms with Gasteiger partial charge in [-0.25, -0.2) is 22.7 Å². The van der Waals surface area contributed by atoms with Crippen LogP contribution in [0, 0.1) is 5.82 Å². The third-order valence-electron chi connectivity index (χ3n) is 4.96. The van der Waals surface area contributed by atoms with E-state index in [0.717, 1.165) is 25.0 Å². The van der Waals surface area contributed by atoms with Crippen LogP contribution in [-0.4, -0.2) is 32.6 Å². The lowest BCUT2D eigenvalue weighted by atomic mass is 10.1. The minimum atomic E-state index is -4.93. The quantitative estimate of drug-likeness (QED) is 0.396. The first-order valence-corrected chi connectivity index (χ1v) is 12.1. The van der Waals surface area contributed by atoms with Crippen molar-refractivity contribution in [2.75, 3.05) is 18.0 Å². The number of unbranched alkanes of at least 4 members (excludes halogenated alkanes) is 2. The predicted molar refractivity (Wildman–Crippen MR) is 118 cm³/mol. The summed E-state index contributed by atoms with van der Waals surface area (Å²) in [7, 11) is -4.54. The van der Waals surface area contributed by atoms with Crippen molar-refractivity contribution >= 4 is 21.7 Å². The molecule has 34 heavy (non-hydrogen) atoms. The van der Waals surface area contributed by atoms with Gasteiger partial charge < -0.3 is 14.7 Å². The van der Waals surface area contributed by atoms with Crippen LogP contribution in [0.5, 0.6) is 11.5 Å². The van der Waals surface area contributed by atoms with Crippen molar-refractivity contribution in [3.63, 3.8) is 0 Å². The van der Waals surface area contributed by atoms with Gasteiger partial charge in [-0.05, 0) is 37.1 Å². The number of ether oxygens (including phenoxy) is 1. The van der Waals surface area contributed by atoms with Crippen LogP contribution in [0.1, 0.15) is 55.5 Å². The number of aromatic carboxylic acids is 1. The number of sulfonamides is 1. The summed E-state index contributed by atoms with van der Waals surface area (Å²) in [5.74, 6) is -3.83. The third-order valence-corrected chi connectivity index (χ3v) is 5.87. The maximum absolute atomic E-state index is 14.1. The number of carboxylic acids is 1. The first kappa shape index (κ1) is 27.4. The number of hydrogen-bond acceptors (Lipinski definition) is 5. The molecule has 3 N–H and O–H groups in total. The maximum Gasteiger partial charge on any atom is 0.419 e. The second kappa shape index (κ2) is 11.0. The van der Waals surface area contributed by atoms with E-state index in [1.54, 1.807) is 4.90 Å². The van der Waals surface area contributed by atoms with Gasteiger partial charge >= 0.3 is 12.1 Å². The summed E-state index contributed by atoms with van der Waals surface area (Å²) in [4.78, 5) is 12.7. The molecular formula is C22H26F4N2O5S. The second-order valence-electron chi connectivity index (χ2n) is 7.61. The largest absolute Gasteiger partial charge is 0.478 e. The number of hydrogen-bond donors (Lipinski definition) is 2. The van der Waals surface area contributed by atoms with Crippen molar-refractivity contribution in [2.45, 2.75) is 50.6 Å². The van der Waals surface area contributed by atoms with Crippen molar-refractivity contribution in [2.24, 2.45) is 5.14 Å². The Morgan fingerprint density at radius 3 is 2.12 bits per heavy atom. The lowest BCUT2D eigenvalue weighted by molar-refractivity contribution is -0.140. The standard InChI is InChI=1S/C22H26F4N2O5S/c1-3-5-9-28(10-6-4-2)18-11-14(21(29)30)12-19(34(27,31)32)20(18)33-15-7-8-16(17(23)13-15)22(24,25)26/h7-8,11-13H,3-6,9-10H2,1-2H3,(H,29,30)(H2,27,31,32). The fourth-order valence-corrected chi connectivity index (χ4v) is 3.91. The molecule has 2 aromatic carbocycles. The van der Waals surface area contributed by atoms with Gasteiger partial charge in [0.15, 0.2) is 5.75 Å². The monoisotopic (exact) mass is 506 g/mol. The average Bonchev–Trinajstić information content (AvgIpc) is 2.72. The molecule has 2 rings (SSSR count). The fraction of sp³-hybridized carbons (Fsp3) is 0.409. The lowest BCUT2D eigenvalue weighted by Crippen LogP contribution is -2.27. The third kappa shape index (κ3) is 6.83. The van der Waals surface area contributed by atoms with Crippen LogP contribution in [0.2, 0.25) is 0 Å². The molecule has 0 atom stereocenters. The Morgan fingerprint density at radius 1 is 1.09 bits per heavy atom. The molecule has 0 spiro atoms. The van der Waals surface area contributed by atoms with Crippen LogP contribution in [0.15, 0.2) is 35.2 Å². The highest BCUT2D eigenvalue weighted by Crippen LogP contribution is 2.41. The highest BCUT2D eigenvalue weighted by Gasteiger charge is 2.34. The summed E-state index contributed by atoms with van der Waals surface area (Å²) in [6.07, 6.45) is -2.01. The molecule has 0 radical (unpaired) electrons. The van der Waals surface area contributed by atoms with E-state index in [-0.39, 0.29) is 17.0 Å². The molecule has 0 amide bonds. The topological polar surface area (TPSA) is 110 Å². The molecule has 0 bridgehead atoms. The number of halogens is 4. The molecular weight excluding hydrogens is 480 g/mol. The first-order chi connectivity index (χ1) is 15.8. The number of anilines is 1. The summed E-state index contributed by atoms with van der Waals surface area (Å²) >= 11 is 0. The Morgan fingerprint density at radius 2 is 1.68 bits per heavy atom. The highest BCUT2D eigenvalue weighted by molar-refractivity contribution is 7.89. The van der Waals surface area contributed by atoms with Gasteiger partial charge in [-0.3, -0.25) is 0 Å². The molecule has 12 heteroatoms. The summed E-state index contributed by atoms with van der Waals surface area (Å²) < 4.78 is 83.1. The number of carboxylic acid groups (broad SMARTS) is 1. The zero-order valence-electron chi connectivity index (χ0n) is 18.7. The van der Waals surface area contributed by atoms with Crippen LogP contribution >= 0.6 is 0 Å². The van der Waals surface area contributed by atoms with Gasteiger partial charge in [0.1, 0.15) is 16.5 Å². The van der Waals surface area contributed by atoms with Gasteiger partial charge in [0.05, 0.1) is 16.8 Å². The van der Waals surface area contributed by atoms with E-state index in [9.17, 15) is 35.9 Å². The van der Waals surface area contributed by atoms with Crippen molar-refractivity contribution in [3.8, 4) is 11.5 Å². The minimum absolute atomic E-state index is 0.0751. The number of alkyl halides is 3. The van der Waals surface area contributed by atoms with Crippen LogP contribution in [0.3, 0.4) is 0 Å². The lowest BCUT2D eigenvalue weighted by Gasteiger charge is -2.28. The summed E-state index contributed by atoms with van der Waals surface area (Å²) in [6, 6.07) is 3.80. The van der Waals surface area contributed by atoms with Crippen molar-refractivity contribution in [1.82, 2.24) is 0 Å². The molecule has 0 aliphatic heterocycles. The molecule has 0 fully saturated rings. The van der Waals surface area contributed by atoms with E-state index in [0.29, 0.717) is 38.1 Å². The Balaban J connectivity index is 2.74. The normalized spacial score (nSPS) is 12.0. The number of benzene rings is 2. The SMILES string of the molecule is CCCCN(CCCC)c1cc(C(=O)O)cc(S(N)(=O)=O)c1Oc1ccc(C(F)(F)F)c(F)c1. The van der Waals surface area contributed by atoms with Crippen LogP contribution in [-0.2, 0) is 16.2 Å². The minimum Gasteiger partial charge on any atom is -0.478 e. The Kier molecular flexibility index (Phi) is 8.89. The number of carbonyl (C=O) groups is 1. The van der Waals surface area contributed by atoms with Crippen molar-refractivity contribution < 1.29 is 40.6 Å². The van der Waals surface area contributed by atoms with E-state index >= 15 is 0 Å². The van der Waals surface area contributed by atoms with Crippen LogP contribution < -0.4 is 14.8 Å². The highest BCUT2D eigenvalue weighted by atomic mass is 32.2. The van der Waals surface area contributed by atoms with E-state index in [4.69, 9.17) is 9.88 Å². The zero-order chi connectivity index (χ0) is 25.7. The maximum atomic E-state index is 14.1. The first-order valence-electron chi connectivity index (χ1n) is 10.5. The van der Waals surface area contributed by atoms with Gasteiger partial charge in [-0.15, -0.1) is 0 Å². The number of rotatable bonds is 11. The molecule has 0 unspecified atom stereocenters. The van der Waals surface area contributed by atoms with E-state index in [1.165, 1.54) is 6.07 Å². The number of nitrogens with two attached hydrogens (primary N) is 1. The average molecular weight is 507 g/mol. The van der Waals surface area contributed by atoms with E-state index < -0.39 is 44.2 Å². The molecule has 0 aliphatic carbocycles. The van der Waals surface area contributed by atoms with Crippen LogP contribution in [0.25, 0.3) is 0 Å². The van der Waals surface area contributed by atoms with Crippen molar-refractivity contribution in [3.05, 3.63) is 47.3 Å². The zero-order valence-corrected chi connectivity index (χ0v) is 19.5. The Bertz CT molecular complexity index is 1130. The fourth-order valence-electron chi connectivity index (χ4n) is 3.22. The van der Waals surface area contributed by atoms with Gasteiger partial charge in [0, 0.05) is 19.2 Å². The summed E-state index contributed by atoms with van der Waals surface area (Å²) in [5.41, 5.74) is -1.81. The van der Waals surface area contributed by atoms with Crippen molar-refractivity contribution in [1.29, 1.82) is 0 Å². The Hall–Kier alpha value is -2.86. The van der Waals surface area contributed by atoms with Gasteiger partial charge in [-0.1, -0.05) is 26.7 Å². The molecule has 7 nitrogen and oxygen atoms in total. The molecule has 0 aromatic heterocycles. The number of primary sulfonamides is 1. The van der Waals surface area contributed by atoms with Crippen LogP contribution in [0.4, 0.5) is 23.2 Å². The molecule has 0 aliphatic rings. The van der Waals surface area contributed by atoms with Gasteiger partial charge in [0.25, 0.3) is 0 Å².